The van der Waals surface area contributed by atoms with Crippen LogP contribution in [0, 0.1) is 12.7 Å². The molecule has 2 aromatic carbocycles. The first kappa shape index (κ1) is 14.8. The monoisotopic (exact) mass is 293 g/mol. The number of hydrogen-bond donors (Lipinski definition) is 1. The van der Waals surface area contributed by atoms with Crippen molar-refractivity contribution in [3.05, 3.63) is 63.9 Å². The first-order valence-electron chi connectivity index (χ1n) is 6.41. The van der Waals surface area contributed by atoms with Gasteiger partial charge in [-0.05, 0) is 55.4 Å². The molecule has 0 atom stereocenters. The summed E-state index contributed by atoms with van der Waals surface area (Å²) in [7, 11) is 1.86. The molecule has 0 bridgehead atoms. The highest BCUT2D eigenvalue weighted by Gasteiger charge is 2.05. The lowest BCUT2D eigenvalue weighted by atomic mass is 10.1. The number of nitrogens with one attached hydrogen (secondary N) is 1. The molecule has 0 unspecified atom stereocenters. The van der Waals surface area contributed by atoms with E-state index in [-0.39, 0.29) is 12.4 Å². The maximum atomic E-state index is 13.7. The average molecular weight is 294 g/mol. The molecule has 0 aliphatic heterocycles. The van der Waals surface area contributed by atoms with Gasteiger partial charge in [0, 0.05) is 17.1 Å². The molecule has 0 fully saturated rings. The van der Waals surface area contributed by atoms with Gasteiger partial charge in [0.05, 0.1) is 0 Å². The Balaban J connectivity index is 2.09. The molecule has 2 aromatic rings. The molecule has 0 spiro atoms. The van der Waals surface area contributed by atoms with Crippen LogP contribution in [0.2, 0.25) is 5.02 Å². The Bertz CT molecular complexity index is 601. The van der Waals surface area contributed by atoms with Crippen molar-refractivity contribution < 1.29 is 9.13 Å². The molecule has 20 heavy (non-hydrogen) atoms. The van der Waals surface area contributed by atoms with E-state index in [2.05, 4.69) is 5.32 Å². The number of hydrogen-bond acceptors (Lipinski definition) is 2. The van der Waals surface area contributed by atoms with Crippen LogP contribution >= 0.6 is 11.6 Å². The Morgan fingerprint density at radius 3 is 2.70 bits per heavy atom. The van der Waals surface area contributed by atoms with Gasteiger partial charge in [0.15, 0.2) is 0 Å². The minimum absolute atomic E-state index is 0.199. The topological polar surface area (TPSA) is 21.3 Å². The highest BCUT2D eigenvalue weighted by molar-refractivity contribution is 6.31. The first-order valence-corrected chi connectivity index (χ1v) is 6.79. The minimum Gasteiger partial charge on any atom is -0.489 e. The summed E-state index contributed by atoms with van der Waals surface area (Å²) >= 11 is 5.96. The summed E-state index contributed by atoms with van der Waals surface area (Å²) in [6.45, 7) is 2.81. The van der Waals surface area contributed by atoms with Crippen molar-refractivity contribution in [1.29, 1.82) is 0 Å². The zero-order valence-corrected chi connectivity index (χ0v) is 12.3. The number of ether oxygens (including phenoxy) is 1. The van der Waals surface area contributed by atoms with Crippen LogP contribution in [0.1, 0.15) is 16.7 Å². The van der Waals surface area contributed by atoms with Gasteiger partial charge in [0.1, 0.15) is 18.2 Å². The van der Waals surface area contributed by atoms with Crippen LogP contribution in [0.15, 0.2) is 36.4 Å². The molecule has 0 aromatic heterocycles. The number of benzene rings is 2. The van der Waals surface area contributed by atoms with Crippen molar-refractivity contribution >= 4 is 11.6 Å². The van der Waals surface area contributed by atoms with Crippen molar-refractivity contribution in [2.75, 3.05) is 7.05 Å². The van der Waals surface area contributed by atoms with Crippen LogP contribution in [0.5, 0.6) is 5.75 Å². The van der Waals surface area contributed by atoms with E-state index in [1.165, 1.54) is 6.07 Å². The van der Waals surface area contributed by atoms with E-state index in [9.17, 15) is 4.39 Å². The summed E-state index contributed by atoms with van der Waals surface area (Å²) < 4.78 is 19.4. The fraction of sp³-hybridized carbons (Fsp3) is 0.250. The maximum absolute atomic E-state index is 13.7. The smallest absolute Gasteiger partial charge is 0.129 e. The summed E-state index contributed by atoms with van der Waals surface area (Å²) in [6, 6.07) is 10.5. The zero-order chi connectivity index (χ0) is 14.5. The molecule has 0 amide bonds. The van der Waals surface area contributed by atoms with E-state index < -0.39 is 0 Å². The number of aryl methyl sites for hydroxylation is 1. The molecule has 0 heterocycles. The van der Waals surface area contributed by atoms with Gasteiger partial charge in [-0.1, -0.05) is 17.7 Å². The van der Waals surface area contributed by atoms with E-state index in [1.54, 1.807) is 18.2 Å². The lowest BCUT2D eigenvalue weighted by Gasteiger charge is -2.10. The summed E-state index contributed by atoms with van der Waals surface area (Å²) in [5.74, 6) is 0.431. The molecule has 0 aliphatic rings. The summed E-state index contributed by atoms with van der Waals surface area (Å²) in [5.41, 5.74) is 2.51. The van der Waals surface area contributed by atoms with Gasteiger partial charge in [0.2, 0.25) is 0 Å². The normalized spacial score (nSPS) is 10.6. The number of rotatable bonds is 5. The van der Waals surface area contributed by atoms with E-state index in [0.29, 0.717) is 22.9 Å². The third-order valence-electron chi connectivity index (χ3n) is 3.01. The average Bonchev–Trinajstić information content (AvgIpc) is 2.43. The lowest BCUT2D eigenvalue weighted by molar-refractivity contribution is 0.299. The predicted octanol–water partition coefficient (Wildman–Crippen LogP) is 4.09. The Morgan fingerprint density at radius 2 is 2.00 bits per heavy atom. The van der Waals surface area contributed by atoms with Crippen molar-refractivity contribution in [3.63, 3.8) is 0 Å². The third-order valence-corrected chi connectivity index (χ3v) is 3.44. The summed E-state index contributed by atoms with van der Waals surface area (Å²) in [5, 5.41) is 3.73. The fourth-order valence-corrected chi connectivity index (χ4v) is 2.04. The van der Waals surface area contributed by atoms with Crippen molar-refractivity contribution in [1.82, 2.24) is 5.32 Å². The van der Waals surface area contributed by atoms with Gasteiger partial charge >= 0.3 is 0 Å². The predicted molar refractivity (Wildman–Crippen MR) is 79.7 cm³/mol. The van der Waals surface area contributed by atoms with E-state index in [0.717, 1.165) is 11.1 Å². The van der Waals surface area contributed by atoms with Gasteiger partial charge in [-0.3, -0.25) is 0 Å². The highest BCUT2D eigenvalue weighted by Crippen LogP contribution is 2.22. The molecule has 0 aliphatic carbocycles. The van der Waals surface area contributed by atoms with Gasteiger partial charge in [0.25, 0.3) is 0 Å². The second kappa shape index (κ2) is 6.73. The molecule has 2 nitrogen and oxygen atoms in total. The Kier molecular flexibility index (Phi) is 4.99. The Labute approximate surface area is 123 Å². The molecular formula is C16H17ClFNO. The van der Waals surface area contributed by atoms with E-state index in [4.69, 9.17) is 16.3 Å². The van der Waals surface area contributed by atoms with Crippen molar-refractivity contribution in [3.8, 4) is 5.75 Å². The van der Waals surface area contributed by atoms with Crippen LogP contribution < -0.4 is 10.1 Å². The summed E-state index contributed by atoms with van der Waals surface area (Å²) in [6.07, 6.45) is 0. The molecule has 0 saturated carbocycles. The molecule has 2 rings (SSSR count). The summed E-state index contributed by atoms with van der Waals surface area (Å²) in [4.78, 5) is 0. The second-order valence-electron chi connectivity index (χ2n) is 4.66. The van der Waals surface area contributed by atoms with E-state index >= 15 is 0 Å². The zero-order valence-electron chi connectivity index (χ0n) is 11.5. The lowest BCUT2D eigenvalue weighted by Crippen LogP contribution is -2.07. The largest absolute Gasteiger partial charge is 0.489 e. The van der Waals surface area contributed by atoms with Crippen LogP contribution in [-0.4, -0.2) is 7.05 Å². The molecule has 0 saturated heterocycles. The third kappa shape index (κ3) is 3.71. The number of halogens is 2. The van der Waals surface area contributed by atoms with Crippen molar-refractivity contribution in [2.45, 2.75) is 20.1 Å². The molecular weight excluding hydrogens is 277 g/mol. The maximum Gasteiger partial charge on any atom is 0.129 e. The minimum atomic E-state index is -0.254. The quantitative estimate of drug-likeness (QED) is 0.896. The van der Waals surface area contributed by atoms with Crippen LogP contribution in [0.4, 0.5) is 4.39 Å². The van der Waals surface area contributed by atoms with Gasteiger partial charge in [-0.2, -0.15) is 0 Å². The molecule has 106 valence electrons. The van der Waals surface area contributed by atoms with Crippen LogP contribution in [0.3, 0.4) is 0 Å². The molecule has 0 radical (unpaired) electrons. The Morgan fingerprint density at radius 1 is 1.20 bits per heavy atom. The second-order valence-corrected chi connectivity index (χ2v) is 5.06. The fourth-order valence-electron chi connectivity index (χ4n) is 1.92. The Hall–Kier alpha value is -1.58. The van der Waals surface area contributed by atoms with Crippen molar-refractivity contribution in [2.24, 2.45) is 0 Å². The first-order chi connectivity index (χ1) is 9.60. The standard InChI is InChI=1S/C16H17ClFNO/c1-11-7-14(4-5-15(11)17)20-10-13-8-12(9-19-2)3-6-16(13)18/h3-8,19H,9-10H2,1-2H3. The molecule has 1 N–H and O–H groups in total. The van der Waals surface area contributed by atoms with Gasteiger partial charge in [-0.15, -0.1) is 0 Å². The van der Waals surface area contributed by atoms with E-state index in [1.807, 2.05) is 26.1 Å². The van der Waals surface area contributed by atoms with Gasteiger partial charge < -0.3 is 10.1 Å². The van der Waals surface area contributed by atoms with Crippen LogP contribution in [-0.2, 0) is 13.2 Å². The molecule has 4 heteroatoms. The SMILES string of the molecule is CNCc1ccc(F)c(COc2ccc(Cl)c(C)c2)c1. The van der Waals surface area contributed by atoms with Gasteiger partial charge in [-0.25, -0.2) is 4.39 Å². The highest BCUT2D eigenvalue weighted by atomic mass is 35.5. The van der Waals surface area contributed by atoms with Crippen LogP contribution in [0.25, 0.3) is 0 Å².